The van der Waals surface area contributed by atoms with Gasteiger partial charge in [-0.25, -0.2) is 19.3 Å². The Morgan fingerprint density at radius 1 is 0.893 bits per heavy atom. The van der Waals surface area contributed by atoms with Crippen molar-refractivity contribution in [3.63, 3.8) is 0 Å². The summed E-state index contributed by atoms with van der Waals surface area (Å²) < 4.78 is 13.4. The first-order valence-electron chi connectivity index (χ1n) is 9.09. The summed E-state index contributed by atoms with van der Waals surface area (Å²) in [5.74, 6) is -1.47. The van der Waals surface area contributed by atoms with Crippen molar-refractivity contribution in [3.8, 4) is 0 Å². The number of imide groups is 1. The van der Waals surface area contributed by atoms with Gasteiger partial charge in [-0.2, -0.15) is 0 Å². The zero-order chi connectivity index (χ0) is 19.6. The van der Waals surface area contributed by atoms with E-state index in [1.807, 2.05) is 5.01 Å². The summed E-state index contributed by atoms with van der Waals surface area (Å²) in [6, 6.07) is 10.00. The zero-order valence-electron chi connectivity index (χ0n) is 14.7. The number of amides is 2. The molecule has 8 heteroatoms. The van der Waals surface area contributed by atoms with Gasteiger partial charge in [0.05, 0.1) is 22.7 Å². The van der Waals surface area contributed by atoms with Crippen LogP contribution in [0.15, 0.2) is 42.5 Å². The molecule has 0 aliphatic carbocycles. The number of rotatable bonds is 2. The fraction of sp³-hybridized carbons (Fsp3) is 0.300. The van der Waals surface area contributed by atoms with Gasteiger partial charge < -0.3 is 0 Å². The molecule has 3 aliphatic rings. The number of fused-ring (bicyclic) bond motifs is 3. The van der Waals surface area contributed by atoms with E-state index in [1.165, 1.54) is 23.1 Å². The average molecular weight is 420 g/mol. The van der Waals surface area contributed by atoms with Crippen molar-refractivity contribution in [2.45, 2.75) is 18.5 Å². The van der Waals surface area contributed by atoms with Crippen molar-refractivity contribution < 1.29 is 14.0 Å². The summed E-state index contributed by atoms with van der Waals surface area (Å²) in [5.41, 5.74) is 1.17. The lowest BCUT2D eigenvalue weighted by molar-refractivity contribution is -0.126. The van der Waals surface area contributed by atoms with Gasteiger partial charge in [-0.05, 0) is 42.3 Å². The molecule has 144 valence electrons. The summed E-state index contributed by atoms with van der Waals surface area (Å²) in [6.07, 6.45) is 0.907. The van der Waals surface area contributed by atoms with Crippen LogP contribution in [0.1, 0.15) is 18.0 Å². The summed E-state index contributed by atoms with van der Waals surface area (Å²) in [4.78, 5) is 27.9. The first-order valence-corrected chi connectivity index (χ1v) is 9.84. The molecule has 0 unspecified atom stereocenters. The van der Waals surface area contributed by atoms with Crippen LogP contribution < -0.4 is 4.90 Å². The molecular formula is C20H16Cl2FN3O2. The van der Waals surface area contributed by atoms with Crippen molar-refractivity contribution in [1.82, 2.24) is 10.0 Å². The maximum atomic E-state index is 13.4. The molecular weight excluding hydrogens is 404 g/mol. The van der Waals surface area contributed by atoms with Gasteiger partial charge in [0.1, 0.15) is 11.9 Å². The number of carbonyl (C=O) groups is 2. The highest BCUT2D eigenvalue weighted by molar-refractivity contribution is 6.38. The molecule has 2 amide bonds. The quantitative estimate of drug-likeness (QED) is 0.696. The molecule has 28 heavy (non-hydrogen) atoms. The van der Waals surface area contributed by atoms with Crippen LogP contribution in [-0.4, -0.2) is 41.0 Å². The minimum absolute atomic E-state index is 0.255. The number of nitrogens with zero attached hydrogens (tertiary/aromatic N) is 3. The second kappa shape index (κ2) is 6.52. The van der Waals surface area contributed by atoms with Crippen LogP contribution in [0, 0.1) is 11.7 Å². The third-order valence-corrected chi connectivity index (χ3v) is 6.31. The molecule has 3 fully saturated rings. The van der Waals surface area contributed by atoms with Crippen LogP contribution >= 0.6 is 23.2 Å². The number of hydrogen-bond acceptors (Lipinski definition) is 4. The highest BCUT2D eigenvalue weighted by atomic mass is 35.5. The Morgan fingerprint density at radius 3 is 2.25 bits per heavy atom. The highest BCUT2D eigenvalue weighted by Gasteiger charge is 2.63. The Hall–Kier alpha value is -1.99. The molecule has 2 aromatic carbocycles. The van der Waals surface area contributed by atoms with Crippen molar-refractivity contribution >= 4 is 40.7 Å². The van der Waals surface area contributed by atoms with Gasteiger partial charge in [0.2, 0.25) is 5.91 Å². The monoisotopic (exact) mass is 419 g/mol. The fourth-order valence-corrected chi connectivity index (χ4v) is 5.17. The highest BCUT2D eigenvalue weighted by Crippen LogP contribution is 2.49. The molecule has 3 atom stereocenters. The van der Waals surface area contributed by atoms with E-state index in [0.29, 0.717) is 17.3 Å². The number of halogens is 3. The summed E-state index contributed by atoms with van der Waals surface area (Å²) in [5, 5.41) is 4.76. The molecule has 3 saturated heterocycles. The van der Waals surface area contributed by atoms with E-state index in [0.717, 1.165) is 18.5 Å². The Kier molecular flexibility index (Phi) is 4.21. The van der Waals surface area contributed by atoms with Gasteiger partial charge in [0.15, 0.2) is 0 Å². The van der Waals surface area contributed by atoms with Crippen LogP contribution in [0.25, 0.3) is 0 Å². The van der Waals surface area contributed by atoms with E-state index in [-0.39, 0.29) is 28.7 Å². The number of benzene rings is 2. The van der Waals surface area contributed by atoms with Crippen LogP contribution in [0.5, 0.6) is 0 Å². The first kappa shape index (κ1) is 18.1. The molecule has 0 bridgehead atoms. The normalized spacial score (nSPS) is 27.5. The lowest BCUT2D eigenvalue weighted by Gasteiger charge is -2.30. The SMILES string of the molecule is O=C1[C@@H]2[C@@H](c3ccc(F)cc3)N3CCCN3[C@H]2C(=O)N1c1ccc(Cl)cc1Cl. The Morgan fingerprint density at radius 2 is 1.57 bits per heavy atom. The molecule has 3 aliphatic heterocycles. The van der Waals surface area contributed by atoms with E-state index in [2.05, 4.69) is 5.01 Å². The third-order valence-electron chi connectivity index (χ3n) is 5.77. The number of anilines is 1. The Balaban J connectivity index is 1.59. The van der Waals surface area contributed by atoms with Crippen molar-refractivity contribution in [3.05, 3.63) is 63.9 Å². The van der Waals surface area contributed by atoms with Crippen molar-refractivity contribution in [1.29, 1.82) is 0 Å². The van der Waals surface area contributed by atoms with Crippen molar-refractivity contribution in [2.24, 2.45) is 5.92 Å². The van der Waals surface area contributed by atoms with Gasteiger partial charge in [0, 0.05) is 18.1 Å². The molecule has 0 spiro atoms. The second-order valence-electron chi connectivity index (χ2n) is 7.25. The Labute approximate surface area is 171 Å². The molecule has 5 nitrogen and oxygen atoms in total. The molecule has 3 heterocycles. The largest absolute Gasteiger partial charge is 0.274 e. The molecule has 0 saturated carbocycles. The zero-order valence-corrected chi connectivity index (χ0v) is 16.2. The number of carbonyl (C=O) groups excluding carboxylic acids is 2. The topological polar surface area (TPSA) is 43.9 Å². The molecule has 0 radical (unpaired) electrons. The van der Waals surface area contributed by atoms with E-state index in [9.17, 15) is 14.0 Å². The predicted molar refractivity (Wildman–Crippen MR) is 103 cm³/mol. The van der Waals surface area contributed by atoms with E-state index in [1.54, 1.807) is 24.3 Å². The maximum absolute atomic E-state index is 13.4. The molecule has 0 aromatic heterocycles. The molecule has 5 rings (SSSR count). The number of hydrazine groups is 1. The van der Waals surface area contributed by atoms with Gasteiger partial charge in [-0.3, -0.25) is 9.59 Å². The van der Waals surface area contributed by atoms with Gasteiger partial charge in [-0.15, -0.1) is 0 Å². The lowest BCUT2D eigenvalue weighted by Crippen LogP contribution is -2.44. The standard InChI is InChI=1S/C20H16Cl2FN3O2/c21-12-4-7-15(14(22)10-12)26-19(27)16-17(11-2-5-13(23)6-3-11)24-8-1-9-25(24)18(16)20(26)28/h2-7,10,16-18H,1,8-9H2/t16-,17-,18-/m1/s1. The number of hydrogen-bond donors (Lipinski definition) is 0. The van der Waals surface area contributed by atoms with E-state index < -0.39 is 12.0 Å². The van der Waals surface area contributed by atoms with Gasteiger partial charge in [0.25, 0.3) is 5.91 Å². The van der Waals surface area contributed by atoms with Gasteiger partial charge in [-0.1, -0.05) is 35.3 Å². The molecule has 2 aromatic rings. The molecule has 0 N–H and O–H groups in total. The minimum atomic E-state index is -0.572. The fourth-order valence-electron chi connectivity index (χ4n) is 4.67. The summed E-state index contributed by atoms with van der Waals surface area (Å²) in [6.45, 7) is 1.47. The first-order chi connectivity index (χ1) is 13.5. The lowest BCUT2D eigenvalue weighted by atomic mass is 9.90. The minimum Gasteiger partial charge on any atom is -0.274 e. The van der Waals surface area contributed by atoms with E-state index in [4.69, 9.17) is 23.2 Å². The van der Waals surface area contributed by atoms with Crippen LogP contribution in [-0.2, 0) is 9.59 Å². The summed E-state index contributed by atoms with van der Waals surface area (Å²) >= 11 is 12.2. The van der Waals surface area contributed by atoms with Gasteiger partial charge >= 0.3 is 0 Å². The summed E-state index contributed by atoms with van der Waals surface area (Å²) in [7, 11) is 0. The predicted octanol–water partition coefficient (Wildman–Crippen LogP) is 3.67. The Bertz CT molecular complexity index is 984. The maximum Gasteiger partial charge on any atom is 0.253 e. The van der Waals surface area contributed by atoms with Crippen LogP contribution in [0.3, 0.4) is 0 Å². The smallest absolute Gasteiger partial charge is 0.253 e. The second-order valence-corrected chi connectivity index (χ2v) is 8.10. The van der Waals surface area contributed by atoms with Crippen LogP contribution in [0.4, 0.5) is 10.1 Å². The van der Waals surface area contributed by atoms with E-state index >= 15 is 0 Å². The third kappa shape index (κ3) is 2.52. The van der Waals surface area contributed by atoms with Crippen LogP contribution in [0.2, 0.25) is 10.0 Å². The van der Waals surface area contributed by atoms with Crippen molar-refractivity contribution in [2.75, 3.05) is 18.0 Å². The average Bonchev–Trinajstić information content (AvgIpc) is 3.30.